The van der Waals surface area contributed by atoms with Gasteiger partial charge in [0.2, 0.25) is 24.4 Å². The summed E-state index contributed by atoms with van der Waals surface area (Å²) < 4.78 is 32.3. The highest BCUT2D eigenvalue weighted by atomic mass is 32.2. The summed E-state index contributed by atoms with van der Waals surface area (Å²) in [7, 11) is 3.15. The van der Waals surface area contributed by atoms with Crippen molar-refractivity contribution in [2.24, 2.45) is 0 Å². The fraction of sp³-hybridized carbons (Fsp3) is 0.200. The molecule has 2 aromatic heterocycles. The summed E-state index contributed by atoms with van der Waals surface area (Å²) in [5.41, 5.74) is 1.50. The van der Waals surface area contributed by atoms with Gasteiger partial charge in [0, 0.05) is 11.1 Å². The molecular formula is C20H16N4O6S. The summed E-state index contributed by atoms with van der Waals surface area (Å²) in [6.45, 7) is 0.208. The van der Waals surface area contributed by atoms with E-state index < -0.39 is 0 Å². The third kappa shape index (κ3) is 3.87. The number of hydrogen-bond acceptors (Lipinski definition) is 11. The Bertz CT molecular complexity index is 1220. The molecule has 4 aromatic rings. The first-order valence-electron chi connectivity index (χ1n) is 9.15. The first kappa shape index (κ1) is 19.2. The Kier molecular flexibility index (Phi) is 5.08. The maximum atomic E-state index is 5.72. The maximum Gasteiger partial charge on any atom is 0.277 e. The molecule has 1 aliphatic heterocycles. The lowest BCUT2D eigenvalue weighted by Crippen LogP contribution is -1.92. The molecule has 0 fully saturated rings. The Hall–Kier alpha value is -3.73. The molecule has 0 atom stereocenters. The molecule has 0 saturated heterocycles. The van der Waals surface area contributed by atoms with E-state index in [-0.39, 0.29) is 6.79 Å². The Morgan fingerprint density at radius 2 is 1.77 bits per heavy atom. The number of benzene rings is 2. The number of hydrogen-bond donors (Lipinski definition) is 0. The summed E-state index contributed by atoms with van der Waals surface area (Å²) in [4.78, 5) is 4.42. The van der Waals surface area contributed by atoms with Crippen molar-refractivity contribution in [1.82, 2.24) is 20.3 Å². The Balaban J connectivity index is 1.26. The van der Waals surface area contributed by atoms with Crippen LogP contribution in [0.4, 0.5) is 0 Å². The van der Waals surface area contributed by atoms with Gasteiger partial charge >= 0.3 is 0 Å². The zero-order valence-electron chi connectivity index (χ0n) is 16.5. The molecule has 11 heteroatoms. The highest BCUT2D eigenvalue weighted by Crippen LogP contribution is 2.36. The van der Waals surface area contributed by atoms with Crippen LogP contribution in [0.1, 0.15) is 5.89 Å². The molecule has 0 bridgehead atoms. The minimum Gasteiger partial charge on any atom is -0.493 e. The van der Waals surface area contributed by atoms with Crippen molar-refractivity contribution in [3.8, 4) is 45.8 Å². The third-order valence-corrected chi connectivity index (χ3v) is 5.26. The molecule has 10 nitrogen and oxygen atoms in total. The van der Waals surface area contributed by atoms with E-state index in [0.717, 1.165) is 11.1 Å². The predicted molar refractivity (Wildman–Crippen MR) is 108 cm³/mol. The Labute approximate surface area is 180 Å². The molecule has 0 saturated carbocycles. The van der Waals surface area contributed by atoms with Crippen LogP contribution >= 0.6 is 11.8 Å². The Morgan fingerprint density at radius 1 is 0.935 bits per heavy atom. The van der Waals surface area contributed by atoms with Gasteiger partial charge in [0.25, 0.3) is 5.22 Å². The van der Waals surface area contributed by atoms with E-state index in [1.807, 2.05) is 18.2 Å². The standard InChI is InChI=1S/C20H16N4O6S/c1-25-13-5-3-11(7-15(13)26-2)18-21-17(30-24-18)9-31-20-23-22-19(29-20)12-4-6-14-16(8-12)28-10-27-14/h3-8H,9-10H2,1-2H3. The lowest BCUT2D eigenvalue weighted by atomic mass is 10.2. The van der Waals surface area contributed by atoms with Crippen LogP contribution < -0.4 is 18.9 Å². The van der Waals surface area contributed by atoms with Gasteiger partial charge in [-0.15, -0.1) is 10.2 Å². The fourth-order valence-electron chi connectivity index (χ4n) is 2.94. The number of thioether (sulfide) groups is 1. The van der Waals surface area contributed by atoms with Crippen LogP contribution in [-0.2, 0) is 5.75 Å². The van der Waals surface area contributed by atoms with Gasteiger partial charge in [-0.1, -0.05) is 16.9 Å². The van der Waals surface area contributed by atoms with Crippen LogP contribution in [0.2, 0.25) is 0 Å². The molecule has 0 radical (unpaired) electrons. The van der Waals surface area contributed by atoms with Gasteiger partial charge in [0.15, 0.2) is 23.0 Å². The van der Waals surface area contributed by atoms with Gasteiger partial charge in [-0.05, 0) is 36.4 Å². The second kappa shape index (κ2) is 8.19. The van der Waals surface area contributed by atoms with Crippen molar-refractivity contribution in [3.63, 3.8) is 0 Å². The lowest BCUT2D eigenvalue weighted by molar-refractivity contribution is 0.174. The van der Waals surface area contributed by atoms with Crippen LogP contribution in [-0.4, -0.2) is 41.4 Å². The molecule has 158 valence electrons. The first-order valence-corrected chi connectivity index (χ1v) is 10.1. The van der Waals surface area contributed by atoms with E-state index in [2.05, 4.69) is 20.3 Å². The highest BCUT2D eigenvalue weighted by Gasteiger charge is 2.18. The van der Waals surface area contributed by atoms with Gasteiger partial charge < -0.3 is 27.9 Å². The fourth-order valence-corrected chi connectivity index (χ4v) is 3.54. The van der Waals surface area contributed by atoms with E-state index in [1.165, 1.54) is 11.8 Å². The molecular weight excluding hydrogens is 424 g/mol. The van der Waals surface area contributed by atoms with Crippen LogP contribution in [0.15, 0.2) is 50.6 Å². The molecule has 5 rings (SSSR count). The molecule has 0 spiro atoms. The summed E-state index contributed by atoms with van der Waals surface area (Å²) in [5, 5.41) is 12.6. The minimum atomic E-state index is 0.208. The van der Waals surface area contributed by atoms with E-state index in [0.29, 0.717) is 51.6 Å². The van der Waals surface area contributed by atoms with Crippen molar-refractivity contribution in [1.29, 1.82) is 0 Å². The van der Waals surface area contributed by atoms with Crippen molar-refractivity contribution >= 4 is 11.8 Å². The molecule has 31 heavy (non-hydrogen) atoms. The van der Waals surface area contributed by atoms with Crippen LogP contribution in [0.25, 0.3) is 22.8 Å². The number of ether oxygens (including phenoxy) is 4. The largest absolute Gasteiger partial charge is 0.493 e. The molecule has 0 amide bonds. The topological polar surface area (TPSA) is 115 Å². The third-order valence-electron chi connectivity index (χ3n) is 4.45. The molecule has 1 aliphatic rings. The average molecular weight is 440 g/mol. The number of rotatable bonds is 7. The minimum absolute atomic E-state index is 0.208. The summed E-state index contributed by atoms with van der Waals surface area (Å²) >= 11 is 1.30. The molecule has 2 aromatic carbocycles. The molecule has 0 aliphatic carbocycles. The van der Waals surface area contributed by atoms with E-state index in [1.54, 1.807) is 32.4 Å². The maximum absolute atomic E-state index is 5.72. The molecule has 3 heterocycles. The lowest BCUT2D eigenvalue weighted by Gasteiger charge is -2.07. The van der Waals surface area contributed by atoms with Crippen molar-refractivity contribution in [3.05, 3.63) is 42.3 Å². The van der Waals surface area contributed by atoms with Crippen molar-refractivity contribution < 1.29 is 27.9 Å². The number of fused-ring (bicyclic) bond motifs is 1. The van der Waals surface area contributed by atoms with Gasteiger partial charge in [-0.25, -0.2) is 0 Å². The van der Waals surface area contributed by atoms with Gasteiger partial charge in [0.1, 0.15) is 0 Å². The second-order valence-corrected chi connectivity index (χ2v) is 7.24. The highest BCUT2D eigenvalue weighted by molar-refractivity contribution is 7.98. The molecule has 0 unspecified atom stereocenters. The summed E-state index contributed by atoms with van der Waals surface area (Å²) in [6.07, 6.45) is 0. The normalized spacial score (nSPS) is 12.2. The monoisotopic (exact) mass is 440 g/mol. The van der Waals surface area contributed by atoms with Gasteiger partial charge in [0.05, 0.1) is 20.0 Å². The number of nitrogens with zero attached hydrogens (tertiary/aromatic N) is 4. The smallest absolute Gasteiger partial charge is 0.277 e. The van der Waals surface area contributed by atoms with Crippen LogP contribution in [0.3, 0.4) is 0 Å². The average Bonchev–Trinajstić information content (AvgIpc) is 3.57. The quantitative estimate of drug-likeness (QED) is 0.391. The predicted octanol–water partition coefficient (Wildman–Crippen LogP) is 3.82. The van der Waals surface area contributed by atoms with Crippen molar-refractivity contribution in [2.75, 3.05) is 21.0 Å². The van der Waals surface area contributed by atoms with E-state index in [9.17, 15) is 0 Å². The molecule has 0 N–H and O–H groups in total. The van der Waals surface area contributed by atoms with E-state index >= 15 is 0 Å². The summed E-state index contributed by atoms with van der Waals surface area (Å²) in [5.74, 6) is 4.20. The van der Waals surface area contributed by atoms with Crippen LogP contribution in [0, 0.1) is 0 Å². The second-order valence-electron chi connectivity index (χ2n) is 6.31. The zero-order chi connectivity index (χ0) is 21.2. The van der Waals surface area contributed by atoms with E-state index in [4.69, 9.17) is 27.9 Å². The number of aromatic nitrogens is 4. The van der Waals surface area contributed by atoms with Gasteiger partial charge in [-0.3, -0.25) is 0 Å². The van der Waals surface area contributed by atoms with Gasteiger partial charge in [-0.2, -0.15) is 4.98 Å². The van der Waals surface area contributed by atoms with Crippen LogP contribution in [0.5, 0.6) is 23.0 Å². The zero-order valence-corrected chi connectivity index (χ0v) is 17.3. The Morgan fingerprint density at radius 3 is 2.65 bits per heavy atom. The number of methoxy groups -OCH3 is 2. The summed E-state index contributed by atoms with van der Waals surface area (Å²) in [6, 6.07) is 10.9. The SMILES string of the molecule is COc1ccc(-c2noc(CSc3nnc(-c4ccc5c(c4)OCO5)o3)n2)cc1OC. The van der Waals surface area contributed by atoms with Crippen molar-refractivity contribution in [2.45, 2.75) is 11.0 Å². The first-order chi connectivity index (χ1) is 15.2.